The summed E-state index contributed by atoms with van der Waals surface area (Å²) in [4.78, 5) is 26.4. The van der Waals surface area contributed by atoms with Crippen LogP contribution in [0.5, 0.6) is 0 Å². The molecule has 0 aliphatic rings. The van der Waals surface area contributed by atoms with Gasteiger partial charge >= 0.3 is 12.0 Å². The second-order valence-corrected chi connectivity index (χ2v) is 4.60. The van der Waals surface area contributed by atoms with Gasteiger partial charge in [0.25, 0.3) is 0 Å². The zero-order valence-corrected chi connectivity index (χ0v) is 10.6. The molecule has 0 unspecified atom stereocenters. The maximum absolute atomic E-state index is 11.6. The number of benzene rings is 1. The van der Waals surface area contributed by atoms with E-state index in [1.54, 1.807) is 18.3 Å². The predicted molar refractivity (Wildman–Crippen MR) is 71.4 cm³/mol. The average Bonchev–Trinajstić information content (AvgIpc) is 2.90. The van der Waals surface area contributed by atoms with Crippen LogP contribution >= 0.6 is 11.3 Å². The van der Waals surface area contributed by atoms with E-state index in [4.69, 9.17) is 5.11 Å². The van der Waals surface area contributed by atoms with Crippen molar-refractivity contribution in [3.8, 4) is 0 Å². The third-order valence-electron chi connectivity index (χ3n) is 2.25. The molecule has 0 spiro atoms. The first-order valence-electron chi connectivity index (χ1n) is 5.42. The summed E-state index contributed by atoms with van der Waals surface area (Å²) in [5.74, 6) is -1.04. The van der Waals surface area contributed by atoms with Crippen LogP contribution in [0.2, 0.25) is 0 Å². The molecule has 2 aromatic rings. The molecule has 19 heavy (non-hydrogen) atoms. The fraction of sp³-hybridized carbons (Fsp3) is 0.0833. The second kappa shape index (κ2) is 5.96. The fourth-order valence-electron chi connectivity index (χ4n) is 1.40. The number of anilines is 1. The zero-order chi connectivity index (χ0) is 13.7. The lowest BCUT2D eigenvalue weighted by Crippen LogP contribution is -2.28. The number of nitrogens with zero attached hydrogens (tertiary/aromatic N) is 1. The van der Waals surface area contributed by atoms with Crippen LogP contribution in [0.25, 0.3) is 0 Å². The van der Waals surface area contributed by atoms with Crippen LogP contribution in [0.3, 0.4) is 0 Å². The van der Waals surface area contributed by atoms with Gasteiger partial charge in [0, 0.05) is 17.3 Å². The topological polar surface area (TPSA) is 91.3 Å². The van der Waals surface area contributed by atoms with Crippen LogP contribution in [0.1, 0.15) is 15.4 Å². The van der Waals surface area contributed by atoms with Crippen molar-refractivity contribution in [2.24, 2.45) is 0 Å². The van der Waals surface area contributed by atoms with Crippen molar-refractivity contribution >= 4 is 29.0 Å². The summed E-state index contributed by atoms with van der Waals surface area (Å²) in [6, 6.07) is 5.64. The van der Waals surface area contributed by atoms with E-state index in [9.17, 15) is 9.59 Å². The van der Waals surface area contributed by atoms with Crippen LogP contribution in [0, 0.1) is 0 Å². The number of aromatic nitrogens is 1. The molecule has 1 aromatic carbocycles. The summed E-state index contributed by atoms with van der Waals surface area (Å²) < 4.78 is 0. The Morgan fingerprint density at radius 1 is 1.37 bits per heavy atom. The highest BCUT2D eigenvalue weighted by Gasteiger charge is 2.06. The summed E-state index contributed by atoms with van der Waals surface area (Å²) in [6.45, 7) is 0.335. The minimum atomic E-state index is -1.04. The van der Waals surface area contributed by atoms with Gasteiger partial charge in [0.05, 0.1) is 12.1 Å². The number of hydrogen-bond acceptors (Lipinski definition) is 4. The molecule has 7 heteroatoms. The quantitative estimate of drug-likeness (QED) is 0.798. The highest BCUT2D eigenvalue weighted by atomic mass is 32.1. The van der Waals surface area contributed by atoms with E-state index in [0.29, 0.717) is 12.2 Å². The van der Waals surface area contributed by atoms with Crippen LogP contribution in [0.15, 0.2) is 35.8 Å². The molecule has 2 rings (SSSR count). The smallest absolute Gasteiger partial charge is 0.335 e. The number of nitrogens with one attached hydrogen (secondary N) is 2. The SMILES string of the molecule is O=C(NCc1nccs1)Nc1cccc(C(=O)O)c1. The molecule has 3 N–H and O–H groups in total. The van der Waals surface area contributed by atoms with Gasteiger partial charge < -0.3 is 15.7 Å². The number of urea groups is 1. The Balaban J connectivity index is 1.91. The molecule has 0 saturated heterocycles. The van der Waals surface area contributed by atoms with Gasteiger partial charge in [-0.1, -0.05) is 6.07 Å². The number of carbonyl (C=O) groups excluding carboxylic acids is 1. The summed E-state index contributed by atoms with van der Waals surface area (Å²) in [5.41, 5.74) is 0.550. The van der Waals surface area contributed by atoms with Gasteiger partial charge in [-0.05, 0) is 18.2 Å². The molecule has 1 heterocycles. The molecule has 6 nitrogen and oxygen atoms in total. The number of rotatable bonds is 4. The lowest BCUT2D eigenvalue weighted by atomic mass is 10.2. The van der Waals surface area contributed by atoms with Gasteiger partial charge in [0.1, 0.15) is 5.01 Å². The van der Waals surface area contributed by atoms with Crippen LogP contribution in [-0.2, 0) is 6.54 Å². The van der Waals surface area contributed by atoms with E-state index in [1.807, 2.05) is 5.38 Å². The molecule has 2 amide bonds. The van der Waals surface area contributed by atoms with Crippen molar-refractivity contribution in [2.45, 2.75) is 6.54 Å². The third-order valence-corrected chi connectivity index (χ3v) is 3.03. The van der Waals surface area contributed by atoms with E-state index in [0.717, 1.165) is 5.01 Å². The van der Waals surface area contributed by atoms with E-state index >= 15 is 0 Å². The van der Waals surface area contributed by atoms with Crippen LogP contribution in [0.4, 0.5) is 10.5 Å². The fourth-order valence-corrected chi connectivity index (χ4v) is 1.96. The Hall–Kier alpha value is -2.41. The summed E-state index contributed by atoms with van der Waals surface area (Å²) in [7, 11) is 0. The Morgan fingerprint density at radius 2 is 2.21 bits per heavy atom. The highest BCUT2D eigenvalue weighted by molar-refractivity contribution is 7.09. The summed E-state index contributed by atoms with van der Waals surface area (Å²) in [6.07, 6.45) is 1.66. The third kappa shape index (κ3) is 3.78. The van der Waals surface area contributed by atoms with E-state index in [2.05, 4.69) is 15.6 Å². The van der Waals surface area contributed by atoms with Crippen molar-refractivity contribution in [1.82, 2.24) is 10.3 Å². The van der Waals surface area contributed by atoms with Gasteiger partial charge in [0.15, 0.2) is 0 Å². The number of thiazole rings is 1. The molecule has 0 saturated carbocycles. The molecule has 98 valence electrons. The highest BCUT2D eigenvalue weighted by Crippen LogP contribution is 2.10. The first-order chi connectivity index (χ1) is 9.15. The maximum atomic E-state index is 11.6. The Kier molecular flexibility index (Phi) is 4.09. The molecule has 0 fully saturated rings. The predicted octanol–water partition coefficient (Wildman–Crippen LogP) is 2.16. The second-order valence-electron chi connectivity index (χ2n) is 3.62. The molecular formula is C12H11N3O3S. The van der Waals surface area contributed by atoms with Gasteiger partial charge in [0.2, 0.25) is 0 Å². The summed E-state index contributed by atoms with van der Waals surface area (Å²) in [5, 5.41) is 16.7. The van der Waals surface area contributed by atoms with Crippen molar-refractivity contribution in [3.05, 3.63) is 46.4 Å². The number of aromatic carboxylic acids is 1. The van der Waals surface area contributed by atoms with Crippen molar-refractivity contribution in [3.63, 3.8) is 0 Å². The number of carboxylic acid groups (broad SMARTS) is 1. The van der Waals surface area contributed by atoms with Crippen molar-refractivity contribution < 1.29 is 14.7 Å². The first kappa shape index (κ1) is 13.0. The number of carboxylic acids is 1. The summed E-state index contributed by atoms with van der Waals surface area (Å²) >= 11 is 1.45. The molecule has 0 aliphatic heterocycles. The number of amides is 2. The molecule has 1 aromatic heterocycles. The van der Waals surface area contributed by atoms with Crippen molar-refractivity contribution in [1.29, 1.82) is 0 Å². The zero-order valence-electron chi connectivity index (χ0n) is 9.79. The van der Waals surface area contributed by atoms with Gasteiger partial charge in [-0.3, -0.25) is 0 Å². The molecule has 0 bridgehead atoms. The van der Waals surface area contributed by atoms with Crippen LogP contribution in [-0.4, -0.2) is 22.1 Å². The normalized spacial score (nSPS) is 9.89. The standard InChI is InChI=1S/C12H11N3O3S/c16-11(17)8-2-1-3-9(6-8)15-12(18)14-7-10-13-4-5-19-10/h1-6H,7H2,(H,16,17)(H2,14,15,18). The maximum Gasteiger partial charge on any atom is 0.335 e. The molecule has 0 aliphatic carbocycles. The minimum Gasteiger partial charge on any atom is -0.478 e. The molecular weight excluding hydrogens is 266 g/mol. The Bertz CT molecular complexity index is 584. The monoisotopic (exact) mass is 277 g/mol. The Morgan fingerprint density at radius 3 is 2.89 bits per heavy atom. The molecule has 0 atom stereocenters. The van der Waals surface area contributed by atoms with E-state index in [-0.39, 0.29) is 5.56 Å². The average molecular weight is 277 g/mol. The lowest BCUT2D eigenvalue weighted by molar-refractivity contribution is 0.0697. The largest absolute Gasteiger partial charge is 0.478 e. The lowest BCUT2D eigenvalue weighted by Gasteiger charge is -2.06. The van der Waals surface area contributed by atoms with Crippen LogP contribution < -0.4 is 10.6 Å². The first-order valence-corrected chi connectivity index (χ1v) is 6.29. The molecule has 0 radical (unpaired) electrons. The van der Waals surface area contributed by atoms with Gasteiger partial charge in [-0.2, -0.15) is 0 Å². The number of carbonyl (C=O) groups is 2. The van der Waals surface area contributed by atoms with Gasteiger partial charge in [-0.25, -0.2) is 14.6 Å². The Labute approximate surface area is 113 Å². The number of hydrogen-bond donors (Lipinski definition) is 3. The minimum absolute atomic E-state index is 0.123. The van der Waals surface area contributed by atoms with Gasteiger partial charge in [-0.15, -0.1) is 11.3 Å². The van der Waals surface area contributed by atoms with E-state index in [1.165, 1.54) is 23.5 Å². The van der Waals surface area contributed by atoms with E-state index < -0.39 is 12.0 Å². The van der Waals surface area contributed by atoms with Crippen molar-refractivity contribution in [2.75, 3.05) is 5.32 Å².